The average Bonchev–Trinajstić information content (AvgIpc) is 3.24. The SMILES string of the molecule is COCCn1nnc(C2CN(c3ncnc(Oc4cccnc4C)c3C)CCO2)n1. The van der Waals surface area contributed by atoms with E-state index < -0.39 is 0 Å². The van der Waals surface area contributed by atoms with Crippen LogP contribution in [0, 0.1) is 13.8 Å². The lowest BCUT2D eigenvalue weighted by Crippen LogP contribution is -2.39. The molecule has 3 aromatic heterocycles. The zero-order chi connectivity index (χ0) is 20.9. The molecule has 1 aliphatic heterocycles. The van der Waals surface area contributed by atoms with Gasteiger partial charge in [-0.15, -0.1) is 10.2 Å². The average molecular weight is 412 g/mol. The van der Waals surface area contributed by atoms with Gasteiger partial charge in [-0.05, 0) is 31.2 Å². The Morgan fingerprint density at radius 2 is 2.13 bits per heavy atom. The van der Waals surface area contributed by atoms with Gasteiger partial charge in [0.2, 0.25) is 11.7 Å². The summed E-state index contributed by atoms with van der Waals surface area (Å²) < 4.78 is 16.9. The number of methoxy groups -OCH3 is 1. The summed E-state index contributed by atoms with van der Waals surface area (Å²) in [7, 11) is 1.64. The Morgan fingerprint density at radius 3 is 2.97 bits per heavy atom. The van der Waals surface area contributed by atoms with Gasteiger partial charge in [0.15, 0.2) is 5.75 Å². The van der Waals surface area contributed by atoms with E-state index in [0.717, 1.165) is 17.1 Å². The fourth-order valence-electron chi connectivity index (χ4n) is 3.18. The van der Waals surface area contributed by atoms with Gasteiger partial charge in [0.1, 0.15) is 18.2 Å². The zero-order valence-corrected chi connectivity index (χ0v) is 17.2. The number of nitrogens with zero attached hydrogens (tertiary/aromatic N) is 8. The molecule has 158 valence electrons. The molecule has 3 aromatic rings. The number of aryl methyl sites for hydroxylation is 1. The molecule has 0 saturated carbocycles. The molecule has 0 radical (unpaired) electrons. The lowest BCUT2D eigenvalue weighted by Gasteiger charge is -2.33. The molecule has 30 heavy (non-hydrogen) atoms. The monoisotopic (exact) mass is 412 g/mol. The number of morpholine rings is 1. The summed E-state index contributed by atoms with van der Waals surface area (Å²) in [5, 5.41) is 12.6. The number of rotatable bonds is 7. The van der Waals surface area contributed by atoms with Gasteiger partial charge in [-0.25, -0.2) is 9.97 Å². The third-order valence-electron chi connectivity index (χ3n) is 4.79. The number of hydrogen-bond acceptors (Lipinski definition) is 10. The highest BCUT2D eigenvalue weighted by atomic mass is 16.5. The molecule has 0 N–H and O–H groups in total. The van der Waals surface area contributed by atoms with Crippen molar-refractivity contribution in [3.63, 3.8) is 0 Å². The van der Waals surface area contributed by atoms with E-state index in [0.29, 0.717) is 50.3 Å². The molecule has 11 nitrogen and oxygen atoms in total. The van der Waals surface area contributed by atoms with Crippen LogP contribution >= 0.6 is 0 Å². The summed E-state index contributed by atoms with van der Waals surface area (Å²) in [6.45, 7) is 6.67. The van der Waals surface area contributed by atoms with Crippen molar-refractivity contribution in [1.82, 2.24) is 35.2 Å². The van der Waals surface area contributed by atoms with E-state index in [4.69, 9.17) is 14.2 Å². The summed E-state index contributed by atoms with van der Waals surface area (Å²) in [4.78, 5) is 16.7. The highest BCUT2D eigenvalue weighted by Gasteiger charge is 2.28. The Bertz CT molecular complexity index is 995. The van der Waals surface area contributed by atoms with E-state index in [-0.39, 0.29) is 6.10 Å². The van der Waals surface area contributed by atoms with E-state index in [1.807, 2.05) is 26.0 Å². The summed E-state index contributed by atoms with van der Waals surface area (Å²) in [6.07, 6.45) is 2.94. The first-order chi connectivity index (χ1) is 14.7. The molecule has 1 fully saturated rings. The van der Waals surface area contributed by atoms with Crippen molar-refractivity contribution in [1.29, 1.82) is 0 Å². The molecule has 0 spiro atoms. The van der Waals surface area contributed by atoms with Gasteiger partial charge in [0.25, 0.3) is 0 Å². The molecular formula is C19H24N8O3. The maximum atomic E-state index is 6.00. The molecule has 1 saturated heterocycles. The fraction of sp³-hybridized carbons (Fsp3) is 0.474. The first kappa shape index (κ1) is 20.1. The van der Waals surface area contributed by atoms with Crippen molar-refractivity contribution in [3.05, 3.63) is 41.7 Å². The summed E-state index contributed by atoms with van der Waals surface area (Å²) >= 11 is 0. The van der Waals surface area contributed by atoms with E-state index in [2.05, 4.69) is 35.3 Å². The van der Waals surface area contributed by atoms with Crippen molar-refractivity contribution in [2.45, 2.75) is 26.5 Å². The minimum absolute atomic E-state index is 0.297. The number of aromatic nitrogens is 7. The van der Waals surface area contributed by atoms with Gasteiger partial charge in [0, 0.05) is 19.9 Å². The topological polar surface area (TPSA) is 113 Å². The van der Waals surface area contributed by atoms with Crippen LogP contribution in [0.1, 0.15) is 23.2 Å². The second kappa shape index (κ2) is 9.09. The Hall–Kier alpha value is -3.18. The van der Waals surface area contributed by atoms with Crippen LogP contribution in [-0.2, 0) is 16.0 Å². The van der Waals surface area contributed by atoms with Crippen LogP contribution in [0.2, 0.25) is 0 Å². The molecule has 1 atom stereocenters. The van der Waals surface area contributed by atoms with Crippen LogP contribution in [0.15, 0.2) is 24.7 Å². The summed E-state index contributed by atoms with van der Waals surface area (Å²) in [5.41, 5.74) is 1.64. The third-order valence-corrected chi connectivity index (χ3v) is 4.79. The van der Waals surface area contributed by atoms with Crippen LogP contribution in [0.5, 0.6) is 11.6 Å². The third kappa shape index (κ3) is 4.36. The first-order valence-electron chi connectivity index (χ1n) is 9.70. The number of hydrogen-bond donors (Lipinski definition) is 0. The second-order valence-corrected chi connectivity index (χ2v) is 6.86. The molecule has 0 aliphatic carbocycles. The highest BCUT2D eigenvalue weighted by molar-refractivity contribution is 5.51. The number of pyridine rings is 1. The van der Waals surface area contributed by atoms with Crippen LogP contribution < -0.4 is 9.64 Å². The largest absolute Gasteiger partial charge is 0.437 e. The summed E-state index contributed by atoms with van der Waals surface area (Å²) in [5.74, 6) is 2.51. The predicted molar refractivity (Wildman–Crippen MR) is 106 cm³/mol. The molecule has 11 heteroatoms. The van der Waals surface area contributed by atoms with Crippen molar-refractivity contribution >= 4 is 5.82 Å². The van der Waals surface area contributed by atoms with Gasteiger partial charge >= 0.3 is 0 Å². The first-order valence-corrected chi connectivity index (χ1v) is 9.70. The molecule has 0 bridgehead atoms. The number of tetrazole rings is 1. The Kier molecular flexibility index (Phi) is 6.10. The van der Waals surface area contributed by atoms with Gasteiger partial charge in [-0.2, -0.15) is 4.80 Å². The number of anilines is 1. The van der Waals surface area contributed by atoms with Crippen LogP contribution in [0.3, 0.4) is 0 Å². The molecule has 0 aromatic carbocycles. The predicted octanol–water partition coefficient (Wildman–Crippen LogP) is 1.49. The van der Waals surface area contributed by atoms with Crippen molar-refractivity contribution in [2.24, 2.45) is 0 Å². The lowest BCUT2D eigenvalue weighted by molar-refractivity contribution is 0.0334. The van der Waals surface area contributed by atoms with E-state index >= 15 is 0 Å². The van der Waals surface area contributed by atoms with Gasteiger partial charge in [-0.3, -0.25) is 4.98 Å². The Balaban J connectivity index is 1.51. The van der Waals surface area contributed by atoms with Crippen molar-refractivity contribution in [3.8, 4) is 11.6 Å². The smallest absolute Gasteiger partial charge is 0.227 e. The quantitative estimate of drug-likeness (QED) is 0.565. The van der Waals surface area contributed by atoms with Crippen LogP contribution in [0.4, 0.5) is 5.82 Å². The minimum atomic E-state index is -0.297. The molecular weight excluding hydrogens is 388 g/mol. The molecule has 1 unspecified atom stereocenters. The van der Waals surface area contributed by atoms with E-state index in [1.54, 1.807) is 13.3 Å². The molecule has 4 rings (SSSR count). The maximum Gasteiger partial charge on any atom is 0.227 e. The van der Waals surface area contributed by atoms with Gasteiger partial charge in [-0.1, -0.05) is 0 Å². The maximum absolute atomic E-state index is 6.00. The summed E-state index contributed by atoms with van der Waals surface area (Å²) in [6, 6.07) is 3.70. The highest BCUT2D eigenvalue weighted by Crippen LogP contribution is 2.31. The van der Waals surface area contributed by atoms with E-state index in [9.17, 15) is 0 Å². The normalized spacial score (nSPS) is 16.6. The molecule has 0 amide bonds. The minimum Gasteiger partial charge on any atom is -0.437 e. The molecule has 4 heterocycles. The van der Waals surface area contributed by atoms with E-state index in [1.165, 1.54) is 11.1 Å². The molecule has 1 aliphatic rings. The van der Waals surface area contributed by atoms with Gasteiger partial charge < -0.3 is 19.1 Å². The second-order valence-electron chi connectivity index (χ2n) is 6.86. The van der Waals surface area contributed by atoms with Crippen LogP contribution in [0.25, 0.3) is 0 Å². The van der Waals surface area contributed by atoms with Crippen molar-refractivity contribution in [2.75, 3.05) is 38.3 Å². The Labute approximate surface area is 174 Å². The fourth-order valence-corrected chi connectivity index (χ4v) is 3.18. The number of ether oxygens (including phenoxy) is 3. The lowest BCUT2D eigenvalue weighted by atomic mass is 10.2. The van der Waals surface area contributed by atoms with Crippen molar-refractivity contribution < 1.29 is 14.2 Å². The zero-order valence-electron chi connectivity index (χ0n) is 17.2. The Morgan fingerprint density at radius 1 is 1.23 bits per heavy atom. The van der Waals surface area contributed by atoms with Crippen LogP contribution in [-0.4, -0.2) is 68.6 Å². The van der Waals surface area contributed by atoms with Gasteiger partial charge in [0.05, 0.1) is 37.6 Å². The standard InChI is InChI=1S/C19H24N8O3/c1-13-18(21-12-22-19(13)30-15-5-4-6-20-14(15)2)26-7-10-29-16(11-26)17-23-25-27(24-17)8-9-28-3/h4-6,12,16H,7-11H2,1-3H3.